The predicted molar refractivity (Wildman–Crippen MR) is 111 cm³/mol. The van der Waals surface area contributed by atoms with E-state index in [1.807, 2.05) is 38.1 Å². The van der Waals surface area contributed by atoms with Crippen molar-refractivity contribution < 1.29 is 19.1 Å². The number of hydrogen-bond donors (Lipinski definition) is 1. The van der Waals surface area contributed by atoms with Crippen molar-refractivity contribution in [2.45, 2.75) is 32.6 Å². The van der Waals surface area contributed by atoms with E-state index in [-0.39, 0.29) is 24.0 Å². The lowest BCUT2D eigenvalue weighted by atomic mass is 10.2. The molecule has 1 aromatic carbocycles. The summed E-state index contributed by atoms with van der Waals surface area (Å²) in [6, 6.07) is 7.40. The van der Waals surface area contributed by atoms with E-state index >= 15 is 0 Å². The molecule has 0 unspecified atom stereocenters. The molecular formula is C21H27N5O4. The minimum atomic E-state index is -0.210. The van der Waals surface area contributed by atoms with E-state index in [1.54, 1.807) is 29.0 Å². The van der Waals surface area contributed by atoms with Crippen LogP contribution in [0.1, 0.15) is 29.9 Å². The summed E-state index contributed by atoms with van der Waals surface area (Å²) >= 11 is 0. The van der Waals surface area contributed by atoms with E-state index < -0.39 is 0 Å². The number of methoxy groups -OCH3 is 1. The molecule has 9 nitrogen and oxygen atoms in total. The maximum Gasteiger partial charge on any atom is 0.276 e. The first-order chi connectivity index (χ1) is 14.4. The molecule has 0 spiro atoms. The van der Waals surface area contributed by atoms with Crippen LogP contribution in [0.25, 0.3) is 6.08 Å². The van der Waals surface area contributed by atoms with Crippen LogP contribution in [-0.4, -0.2) is 70.7 Å². The number of hydrogen-bond acceptors (Lipinski definition) is 6. The quantitative estimate of drug-likeness (QED) is 0.689. The van der Waals surface area contributed by atoms with Crippen LogP contribution in [0.15, 0.2) is 36.5 Å². The van der Waals surface area contributed by atoms with Crippen LogP contribution in [0, 0.1) is 0 Å². The molecule has 30 heavy (non-hydrogen) atoms. The average Bonchev–Trinajstić information content (AvgIpc) is 3.20. The number of aromatic nitrogens is 3. The summed E-state index contributed by atoms with van der Waals surface area (Å²) in [4.78, 5) is 26.3. The Morgan fingerprint density at radius 1 is 1.23 bits per heavy atom. The first kappa shape index (κ1) is 21.5. The standard InChI is InChI=1S/C21H27N5O4/c1-15-12-25(13-16(2)30-15)21(28)19-14-26(24-23-19)11-10-22-20(27)9-6-17-4-7-18(29-3)8-5-17/h4-9,14-16H,10-13H2,1-3H3,(H,22,27)/b9-6+/t15-,16+. The molecular weight excluding hydrogens is 386 g/mol. The van der Waals surface area contributed by atoms with E-state index in [2.05, 4.69) is 15.6 Å². The Bertz CT molecular complexity index is 883. The van der Waals surface area contributed by atoms with E-state index in [0.29, 0.717) is 31.9 Å². The number of carbonyl (C=O) groups excluding carboxylic acids is 2. The minimum absolute atomic E-state index is 0.00562. The molecule has 2 aromatic rings. The van der Waals surface area contributed by atoms with Gasteiger partial charge in [-0.1, -0.05) is 17.3 Å². The highest BCUT2D eigenvalue weighted by molar-refractivity contribution is 5.92. The normalized spacial score (nSPS) is 19.1. The van der Waals surface area contributed by atoms with Crippen molar-refractivity contribution in [3.8, 4) is 5.75 Å². The van der Waals surface area contributed by atoms with Gasteiger partial charge in [0.25, 0.3) is 5.91 Å². The third-order valence-electron chi connectivity index (χ3n) is 4.65. The molecule has 1 aliphatic rings. The van der Waals surface area contributed by atoms with Gasteiger partial charge in [-0.15, -0.1) is 5.10 Å². The SMILES string of the molecule is COc1ccc(/C=C/C(=O)NCCn2cc(C(=O)N3C[C@@H](C)O[C@@H](C)C3)nn2)cc1. The van der Waals surface area contributed by atoms with Gasteiger partial charge in [0.1, 0.15) is 5.75 Å². The molecule has 9 heteroatoms. The van der Waals surface area contributed by atoms with Crippen LogP contribution in [0.2, 0.25) is 0 Å². The van der Waals surface area contributed by atoms with Crippen LogP contribution in [0.4, 0.5) is 0 Å². The maximum atomic E-state index is 12.6. The van der Waals surface area contributed by atoms with Crippen LogP contribution in [-0.2, 0) is 16.1 Å². The van der Waals surface area contributed by atoms with Crippen LogP contribution in [0.5, 0.6) is 5.75 Å². The van der Waals surface area contributed by atoms with Gasteiger partial charge < -0.3 is 19.7 Å². The van der Waals surface area contributed by atoms with Gasteiger partial charge in [0.05, 0.1) is 32.1 Å². The Morgan fingerprint density at radius 3 is 2.60 bits per heavy atom. The second-order valence-electron chi connectivity index (χ2n) is 7.23. The Kier molecular flexibility index (Phi) is 7.18. The number of morpholine rings is 1. The Balaban J connectivity index is 1.45. The number of rotatable bonds is 7. The highest BCUT2D eigenvalue weighted by Crippen LogP contribution is 2.13. The average molecular weight is 413 g/mol. The van der Waals surface area contributed by atoms with Crippen LogP contribution < -0.4 is 10.1 Å². The topological polar surface area (TPSA) is 98.6 Å². The second kappa shape index (κ2) is 10.0. The molecule has 0 saturated carbocycles. The first-order valence-electron chi connectivity index (χ1n) is 9.89. The smallest absolute Gasteiger partial charge is 0.276 e. The van der Waals surface area contributed by atoms with Crippen molar-refractivity contribution in [2.75, 3.05) is 26.7 Å². The second-order valence-corrected chi connectivity index (χ2v) is 7.23. The number of ether oxygens (including phenoxy) is 2. The largest absolute Gasteiger partial charge is 0.497 e. The lowest BCUT2D eigenvalue weighted by molar-refractivity contribution is -0.116. The predicted octanol–water partition coefficient (Wildman–Crippen LogP) is 1.37. The lowest BCUT2D eigenvalue weighted by Gasteiger charge is -2.34. The van der Waals surface area contributed by atoms with Gasteiger partial charge in [-0.2, -0.15) is 0 Å². The fraction of sp³-hybridized carbons (Fsp3) is 0.429. The number of benzene rings is 1. The Labute approximate surface area is 175 Å². The van der Waals surface area contributed by atoms with E-state index in [0.717, 1.165) is 11.3 Å². The van der Waals surface area contributed by atoms with Crippen molar-refractivity contribution in [3.05, 3.63) is 47.8 Å². The molecule has 1 aliphatic heterocycles. The van der Waals surface area contributed by atoms with Crippen molar-refractivity contribution in [1.29, 1.82) is 0 Å². The number of nitrogens with zero attached hydrogens (tertiary/aromatic N) is 4. The summed E-state index contributed by atoms with van der Waals surface area (Å²) in [5.74, 6) is 0.396. The van der Waals surface area contributed by atoms with Gasteiger partial charge in [0.15, 0.2) is 5.69 Å². The van der Waals surface area contributed by atoms with E-state index in [4.69, 9.17) is 9.47 Å². The molecule has 1 aromatic heterocycles. The molecule has 2 amide bonds. The summed E-state index contributed by atoms with van der Waals surface area (Å²) in [5, 5.41) is 10.7. The minimum Gasteiger partial charge on any atom is -0.497 e. The van der Waals surface area contributed by atoms with Crippen molar-refractivity contribution in [2.24, 2.45) is 0 Å². The van der Waals surface area contributed by atoms with Gasteiger partial charge >= 0.3 is 0 Å². The lowest BCUT2D eigenvalue weighted by Crippen LogP contribution is -2.48. The molecule has 2 heterocycles. The third-order valence-corrected chi connectivity index (χ3v) is 4.65. The molecule has 1 saturated heterocycles. The van der Waals surface area contributed by atoms with Crippen LogP contribution in [0.3, 0.4) is 0 Å². The van der Waals surface area contributed by atoms with Crippen molar-refractivity contribution >= 4 is 17.9 Å². The van der Waals surface area contributed by atoms with E-state index in [1.165, 1.54) is 6.08 Å². The Hall–Kier alpha value is -3.20. The molecule has 1 fully saturated rings. The molecule has 3 rings (SSSR count). The van der Waals surface area contributed by atoms with Crippen molar-refractivity contribution in [3.63, 3.8) is 0 Å². The number of carbonyl (C=O) groups is 2. The van der Waals surface area contributed by atoms with E-state index in [9.17, 15) is 9.59 Å². The van der Waals surface area contributed by atoms with Gasteiger partial charge in [-0.3, -0.25) is 9.59 Å². The zero-order chi connectivity index (χ0) is 21.5. The zero-order valence-electron chi connectivity index (χ0n) is 17.4. The summed E-state index contributed by atoms with van der Waals surface area (Å²) in [6.45, 7) is 5.74. The summed E-state index contributed by atoms with van der Waals surface area (Å²) < 4.78 is 12.3. The number of nitrogens with one attached hydrogen (secondary N) is 1. The molecule has 2 atom stereocenters. The van der Waals surface area contributed by atoms with Gasteiger partial charge in [0, 0.05) is 25.7 Å². The van der Waals surface area contributed by atoms with Crippen LogP contribution >= 0.6 is 0 Å². The molecule has 0 radical (unpaired) electrons. The zero-order valence-corrected chi connectivity index (χ0v) is 17.4. The van der Waals surface area contributed by atoms with Gasteiger partial charge in [-0.05, 0) is 37.6 Å². The van der Waals surface area contributed by atoms with Crippen molar-refractivity contribution in [1.82, 2.24) is 25.2 Å². The molecule has 0 aliphatic carbocycles. The third kappa shape index (κ3) is 5.90. The number of amides is 2. The summed E-state index contributed by atoms with van der Waals surface area (Å²) in [5.41, 5.74) is 1.19. The fourth-order valence-electron chi connectivity index (χ4n) is 3.25. The van der Waals surface area contributed by atoms with Gasteiger partial charge in [0.2, 0.25) is 5.91 Å². The molecule has 160 valence electrons. The summed E-state index contributed by atoms with van der Waals surface area (Å²) in [7, 11) is 1.61. The first-order valence-corrected chi connectivity index (χ1v) is 9.89. The molecule has 0 bridgehead atoms. The molecule has 1 N–H and O–H groups in total. The highest BCUT2D eigenvalue weighted by atomic mass is 16.5. The maximum absolute atomic E-state index is 12.6. The van der Waals surface area contributed by atoms with Gasteiger partial charge in [-0.25, -0.2) is 4.68 Å². The fourth-order valence-corrected chi connectivity index (χ4v) is 3.25. The summed E-state index contributed by atoms with van der Waals surface area (Å²) in [6.07, 6.45) is 4.79. The highest BCUT2D eigenvalue weighted by Gasteiger charge is 2.28. The Morgan fingerprint density at radius 2 is 1.93 bits per heavy atom. The monoisotopic (exact) mass is 413 g/mol.